The minimum absolute atomic E-state index is 0.189. The van der Waals surface area contributed by atoms with E-state index in [2.05, 4.69) is 20.9 Å². The number of hydrogen-bond donors (Lipinski definition) is 1. The summed E-state index contributed by atoms with van der Waals surface area (Å²) in [4.78, 5) is 4.42. The van der Waals surface area contributed by atoms with Crippen LogP contribution in [-0.4, -0.2) is 14.5 Å². The highest BCUT2D eigenvalue weighted by Crippen LogP contribution is 2.25. The van der Waals surface area contributed by atoms with Gasteiger partial charge < -0.3 is 9.51 Å². The molecule has 0 aliphatic carbocycles. The first-order valence-corrected chi connectivity index (χ1v) is 5.96. The zero-order chi connectivity index (χ0) is 11.8. The van der Waals surface area contributed by atoms with Crippen molar-refractivity contribution >= 4 is 21.6 Å². The van der Waals surface area contributed by atoms with Gasteiger partial charge >= 0.3 is 0 Å². The van der Waals surface area contributed by atoms with Crippen molar-refractivity contribution in [1.29, 1.82) is 0 Å². The molecule has 0 radical (unpaired) electrons. The number of fused-ring (bicyclic) bond motifs is 1. The van der Waals surface area contributed by atoms with Crippen LogP contribution in [0.15, 0.2) is 53.3 Å². The van der Waals surface area contributed by atoms with Crippen LogP contribution in [0.5, 0.6) is 5.75 Å². The molecule has 17 heavy (non-hydrogen) atoms. The predicted molar refractivity (Wildman–Crippen MR) is 70.0 cm³/mol. The fourth-order valence-electron chi connectivity index (χ4n) is 1.79. The van der Waals surface area contributed by atoms with Gasteiger partial charge in [0.15, 0.2) is 11.4 Å². The number of halogens is 1. The lowest BCUT2D eigenvalue weighted by molar-refractivity contribution is 0.477. The maximum Gasteiger partial charge on any atom is 0.180 e. The van der Waals surface area contributed by atoms with Gasteiger partial charge in [-0.2, -0.15) is 0 Å². The monoisotopic (exact) mass is 288 g/mol. The number of nitrogens with zero attached hydrogens (tertiary/aromatic N) is 2. The summed E-state index contributed by atoms with van der Waals surface area (Å²) in [6.45, 7) is 0. The van der Waals surface area contributed by atoms with Crippen molar-refractivity contribution in [1.82, 2.24) is 9.38 Å². The highest BCUT2D eigenvalue weighted by Gasteiger charge is 2.07. The van der Waals surface area contributed by atoms with Gasteiger partial charge in [0.25, 0.3) is 0 Å². The van der Waals surface area contributed by atoms with Crippen LogP contribution in [0.2, 0.25) is 0 Å². The molecule has 1 aromatic carbocycles. The molecule has 0 spiro atoms. The Morgan fingerprint density at radius 3 is 2.82 bits per heavy atom. The second-order valence-electron chi connectivity index (χ2n) is 3.76. The molecule has 3 aromatic rings. The van der Waals surface area contributed by atoms with E-state index >= 15 is 0 Å². The van der Waals surface area contributed by atoms with Crippen LogP contribution in [0.3, 0.4) is 0 Å². The van der Waals surface area contributed by atoms with Crippen molar-refractivity contribution in [3.8, 4) is 17.0 Å². The molecule has 0 saturated heterocycles. The van der Waals surface area contributed by atoms with E-state index in [-0.39, 0.29) is 5.75 Å². The fraction of sp³-hybridized carbons (Fsp3) is 0. The van der Waals surface area contributed by atoms with E-state index in [0.717, 1.165) is 15.7 Å². The minimum Gasteiger partial charge on any atom is -0.504 e. The van der Waals surface area contributed by atoms with Gasteiger partial charge in [0.1, 0.15) is 0 Å². The van der Waals surface area contributed by atoms with E-state index in [9.17, 15) is 5.11 Å². The lowest BCUT2D eigenvalue weighted by Crippen LogP contribution is -1.80. The van der Waals surface area contributed by atoms with Crippen LogP contribution in [-0.2, 0) is 0 Å². The summed E-state index contributed by atoms with van der Waals surface area (Å²) in [6.07, 6.45) is 3.76. The van der Waals surface area contributed by atoms with Crippen LogP contribution in [0.1, 0.15) is 0 Å². The van der Waals surface area contributed by atoms with Gasteiger partial charge in [-0.25, -0.2) is 4.98 Å². The van der Waals surface area contributed by atoms with Crippen molar-refractivity contribution in [2.75, 3.05) is 0 Å². The first-order chi connectivity index (χ1) is 8.24. The second-order valence-corrected chi connectivity index (χ2v) is 4.68. The van der Waals surface area contributed by atoms with Crippen molar-refractivity contribution in [3.05, 3.63) is 53.3 Å². The maximum absolute atomic E-state index is 9.69. The third-order valence-electron chi connectivity index (χ3n) is 2.58. The first kappa shape index (κ1) is 10.4. The highest BCUT2D eigenvalue weighted by atomic mass is 79.9. The summed E-state index contributed by atoms with van der Waals surface area (Å²) in [5.41, 5.74) is 2.43. The molecule has 2 aromatic heterocycles. The maximum atomic E-state index is 9.69. The highest BCUT2D eigenvalue weighted by molar-refractivity contribution is 9.10. The molecular weight excluding hydrogens is 280 g/mol. The second kappa shape index (κ2) is 3.89. The number of pyridine rings is 1. The molecule has 0 saturated carbocycles. The Kier molecular flexibility index (Phi) is 2.37. The summed E-state index contributed by atoms with van der Waals surface area (Å²) in [5, 5.41) is 9.69. The van der Waals surface area contributed by atoms with Gasteiger partial charge in [-0.15, -0.1) is 0 Å². The van der Waals surface area contributed by atoms with E-state index in [1.165, 1.54) is 0 Å². The molecule has 1 N–H and O–H groups in total. The van der Waals surface area contributed by atoms with Gasteiger partial charge in [0, 0.05) is 22.4 Å². The van der Waals surface area contributed by atoms with Gasteiger partial charge in [-0.3, -0.25) is 0 Å². The summed E-state index contributed by atoms with van der Waals surface area (Å²) in [6, 6.07) is 11.3. The van der Waals surface area contributed by atoms with Crippen molar-refractivity contribution in [3.63, 3.8) is 0 Å². The molecule has 2 heterocycles. The number of imidazole rings is 1. The number of rotatable bonds is 1. The average molecular weight is 289 g/mol. The lowest BCUT2D eigenvalue weighted by atomic mass is 10.2. The lowest BCUT2D eigenvalue weighted by Gasteiger charge is -1.95. The standard InChI is InChI=1S/C13H9BrN2O/c14-10-4-1-3-9(7-10)11-8-16-6-2-5-12(17)13(16)15-11/h1-8,17H. The smallest absolute Gasteiger partial charge is 0.180 e. The quantitative estimate of drug-likeness (QED) is 0.744. The third-order valence-corrected chi connectivity index (χ3v) is 3.08. The Morgan fingerprint density at radius 2 is 2.06 bits per heavy atom. The normalized spacial score (nSPS) is 10.9. The van der Waals surface area contributed by atoms with Crippen LogP contribution in [0.4, 0.5) is 0 Å². The van der Waals surface area contributed by atoms with Crippen LogP contribution >= 0.6 is 15.9 Å². The Bertz CT molecular complexity index is 691. The number of aromatic hydroxyl groups is 1. The minimum atomic E-state index is 0.189. The molecule has 0 bridgehead atoms. The summed E-state index contributed by atoms with van der Waals surface area (Å²) in [7, 11) is 0. The fourth-order valence-corrected chi connectivity index (χ4v) is 2.18. The van der Waals surface area contributed by atoms with E-state index in [1.807, 2.05) is 41.1 Å². The summed E-state index contributed by atoms with van der Waals surface area (Å²) < 4.78 is 2.82. The molecule has 0 atom stereocenters. The van der Waals surface area contributed by atoms with Crippen LogP contribution in [0.25, 0.3) is 16.9 Å². The Hall–Kier alpha value is -1.81. The van der Waals surface area contributed by atoms with E-state index in [0.29, 0.717) is 5.65 Å². The van der Waals surface area contributed by atoms with Crippen LogP contribution < -0.4 is 0 Å². The summed E-state index contributed by atoms with van der Waals surface area (Å²) >= 11 is 3.43. The molecule has 3 rings (SSSR count). The van der Waals surface area contributed by atoms with Gasteiger partial charge in [-0.05, 0) is 24.3 Å². The zero-order valence-corrected chi connectivity index (χ0v) is 10.4. The SMILES string of the molecule is Oc1cccn2cc(-c3cccc(Br)c3)nc12. The molecule has 4 heteroatoms. The van der Waals surface area contributed by atoms with Crippen LogP contribution in [0, 0.1) is 0 Å². The zero-order valence-electron chi connectivity index (χ0n) is 8.84. The molecule has 3 nitrogen and oxygen atoms in total. The largest absolute Gasteiger partial charge is 0.504 e. The number of hydrogen-bond acceptors (Lipinski definition) is 2. The van der Waals surface area contributed by atoms with Gasteiger partial charge in [-0.1, -0.05) is 28.1 Å². The van der Waals surface area contributed by atoms with Crippen molar-refractivity contribution in [2.45, 2.75) is 0 Å². The predicted octanol–water partition coefficient (Wildman–Crippen LogP) is 3.47. The molecule has 0 unspecified atom stereocenters. The van der Waals surface area contributed by atoms with Gasteiger partial charge in [0.05, 0.1) is 5.69 Å². The first-order valence-electron chi connectivity index (χ1n) is 5.17. The molecule has 84 valence electrons. The van der Waals surface area contributed by atoms with E-state index in [1.54, 1.807) is 12.1 Å². The number of aromatic nitrogens is 2. The average Bonchev–Trinajstić information content (AvgIpc) is 2.74. The van der Waals surface area contributed by atoms with Crippen molar-refractivity contribution < 1.29 is 5.11 Å². The third kappa shape index (κ3) is 1.80. The number of benzene rings is 1. The molecule has 0 aliphatic heterocycles. The topological polar surface area (TPSA) is 37.5 Å². The molecule has 0 aliphatic rings. The Balaban J connectivity index is 2.22. The molecule has 0 fully saturated rings. The van der Waals surface area contributed by atoms with E-state index < -0.39 is 0 Å². The Labute approximate surface area is 106 Å². The molecule has 0 amide bonds. The van der Waals surface area contributed by atoms with Crippen molar-refractivity contribution in [2.24, 2.45) is 0 Å². The molecular formula is C13H9BrN2O. The van der Waals surface area contributed by atoms with Gasteiger partial charge in [0.2, 0.25) is 0 Å². The summed E-state index contributed by atoms with van der Waals surface area (Å²) in [5.74, 6) is 0.189. The Morgan fingerprint density at radius 1 is 1.18 bits per heavy atom. The van der Waals surface area contributed by atoms with E-state index in [4.69, 9.17) is 0 Å².